The largest absolute Gasteiger partial charge is 0.462 e. The van der Waals surface area contributed by atoms with Crippen LogP contribution in [-0.2, 0) is 4.74 Å². The Balaban J connectivity index is 1.94. The number of para-hydroxylation sites is 1. The van der Waals surface area contributed by atoms with Crippen molar-refractivity contribution in [3.63, 3.8) is 0 Å². The Morgan fingerprint density at radius 2 is 1.84 bits per heavy atom. The third-order valence-electron chi connectivity index (χ3n) is 3.48. The van der Waals surface area contributed by atoms with Crippen LogP contribution in [0.4, 0.5) is 10.5 Å². The van der Waals surface area contributed by atoms with Crippen molar-refractivity contribution in [3.05, 3.63) is 58.6 Å². The van der Waals surface area contributed by atoms with Gasteiger partial charge in [0.1, 0.15) is 5.75 Å². The second kappa shape index (κ2) is 9.08. The minimum Gasteiger partial charge on any atom is -0.462 e. The lowest BCUT2D eigenvalue weighted by Gasteiger charge is -2.11. The molecule has 0 aliphatic heterocycles. The number of carbonyl (C=O) groups is 2. The summed E-state index contributed by atoms with van der Waals surface area (Å²) < 4.78 is 10.3. The van der Waals surface area contributed by atoms with E-state index in [1.807, 2.05) is 19.9 Å². The normalized spacial score (nSPS) is 10.2. The number of benzene rings is 2. The third kappa shape index (κ3) is 5.50. The number of anilines is 1. The van der Waals surface area contributed by atoms with Crippen LogP contribution in [0.15, 0.2) is 42.5 Å². The molecular weight excluding hydrogens is 342 g/mol. The molecule has 25 heavy (non-hydrogen) atoms. The van der Waals surface area contributed by atoms with Crippen LogP contribution < -0.4 is 10.1 Å². The number of unbranched alkanes of at least 4 members (excludes halogenated alkanes) is 1. The van der Waals surface area contributed by atoms with Gasteiger partial charge >= 0.3 is 12.1 Å². The van der Waals surface area contributed by atoms with Gasteiger partial charge in [0.15, 0.2) is 0 Å². The summed E-state index contributed by atoms with van der Waals surface area (Å²) in [6.45, 7) is 4.25. The second-order valence-electron chi connectivity index (χ2n) is 5.46. The molecule has 0 saturated heterocycles. The maximum atomic E-state index is 12.0. The van der Waals surface area contributed by atoms with Crippen LogP contribution in [0.3, 0.4) is 0 Å². The standard InChI is InChI=1S/C19H20ClNO4/c1-3-4-12-24-18(22)14-8-10-15(11-9-14)25-19(23)21-17-13(2)6-5-7-16(17)20/h5-11H,3-4,12H2,1-2H3,(H,21,23). The Labute approximate surface area is 151 Å². The highest BCUT2D eigenvalue weighted by atomic mass is 35.5. The number of esters is 1. The van der Waals surface area contributed by atoms with Crippen LogP contribution in [-0.4, -0.2) is 18.7 Å². The van der Waals surface area contributed by atoms with Crippen LogP contribution in [0.2, 0.25) is 5.02 Å². The van der Waals surface area contributed by atoms with E-state index >= 15 is 0 Å². The third-order valence-corrected chi connectivity index (χ3v) is 3.80. The van der Waals surface area contributed by atoms with E-state index in [1.165, 1.54) is 12.1 Å². The van der Waals surface area contributed by atoms with Gasteiger partial charge in [0, 0.05) is 0 Å². The Hall–Kier alpha value is -2.53. The Morgan fingerprint density at radius 3 is 2.48 bits per heavy atom. The molecule has 0 bridgehead atoms. The van der Waals surface area contributed by atoms with Gasteiger partial charge < -0.3 is 9.47 Å². The number of ether oxygens (including phenoxy) is 2. The predicted octanol–water partition coefficient (Wildman–Crippen LogP) is 5.22. The number of hydrogen-bond donors (Lipinski definition) is 1. The van der Waals surface area contributed by atoms with Crippen LogP contribution in [0, 0.1) is 6.92 Å². The first-order valence-electron chi connectivity index (χ1n) is 8.02. The monoisotopic (exact) mass is 361 g/mol. The summed E-state index contributed by atoms with van der Waals surface area (Å²) in [5, 5.41) is 3.05. The lowest BCUT2D eigenvalue weighted by atomic mass is 10.2. The summed E-state index contributed by atoms with van der Waals surface area (Å²) in [5.74, 6) is -0.0801. The average molecular weight is 362 g/mol. The van der Waals surface area contributed by atoms with Gasteiger partial charge in [-0.2, -0.15) is 0 Å². The average Bonchev–Trinajstić information content (AvgIpc) is 2.59. The van der Waals surface area contributed by atoms with Gasteiger partial charge in [0.2, 0.25) is 0 Å². The fourth-order valence-electron chi connectivity index (χ4n) is 2.08. The van der Waals surface area contributed by atoms with Crippen LogP contribution in [0.25, 0.3) is 0 Å². The molecule has 2 aromatic carbocycles. The zero-order valence-corrected chi connectivity index (χ0v) is 14.9. The Bertz CT molecular complexity index is 723. The van der Waals surface area contributed by atoms with E-state index in [0.717, 1.165) is 18.4 Å². The van der Waals surface area contributed by atoms with Crippen molar-refractivity contribution in [2.75, 3.05) is 11.9 Å². The highest BCUT2D eigenvalue weighted by molar-refractivity contribution is 6.33. The zero-order valence-electron chi connectivity index (χ0n) is 14.2. The quantitative estimate of drug-likeness (QED) is 0.566. The number of carbonyl (C=O) groups excluding carboxylic acids is 2. The van der Waals surface area contributed by atoms with Gasteiger partial charge in [0.25, 0.3) is 0 Å². The van der Waals surface area contributed by atoms with Crippen molar-refractivity contribution >= 4 is 29.4 Å². The summed E-state index contributed by atoms with van der Waals surface area (Å²) in [5.41, 5.74) is 1.74. The van der Waals surface area contributed by atoms with Crippen molar-refractivity contribution in [1.82, 2.24) is 0 Å². The van der Waals surface area contributed by atoms with Crippen LogP contribution in [0.5, 0.6) is 5.75 Å². The molecule has 0 atom stereocenters. The predicted molar refractivity (Wildman–Crippen MR) is 97.5 cm³/mol. The summed E-state index contributed by atoms with van der Waals surface area (Å²) in [6.07, 6.45) is 1.13. The lowest BCUT2D eigenvalue weighted by molar-refractivity contribution is 0.0499. The van der Waals surface area contributed by atoms with Crippen molar-refractivity contribution in [3.8, 4) is 5.75 Å². The smallest absolute Gasteiger partial charge is 0.417 e. The number of rotatable bonds is 6. The highest BCUT2D eigenvalue weighted by Crippen LogP contribution is 2.25. The molecule has 2 rings (SSSR count). The minimum absolute atomic E-state index is 0.312. The van der Waals surface area contributed by atoms with Gasteiger partial charge in [-0.3, -0.25) is 5.32 Å². The number of hydrogen-bond acceptors (Lipinski definition) is 4. The Kier molecular flexibility index (Phi) is 6.83. The van der Waals surface area contributed by atoms with Crippen LogP contribution in [0.1, 0.15) is 35.7 Å². The van der Waals surface area contributed by atoms with Gasteiger partial charge in [-0.15, -0.1) is 0 Å². The highest BCUT2D eigenvalue weighted by Gasteiger charge is 2.11. The van der Waals surface area contributed by atoms with Crippen molar-refractivity contribution in [2.45, 2.75) is 26.7 Å². The minimum atomic E-state index is -0.658. The molecule has 0 radical (unpaired) electrons. The molecule has 2 aromatic rings. The first-order chi connectivity index (χ1) is 12.0. The number of halogens is 1. The van der Waals surface area contributed by atoms with Gasteiger partial charge in [-0.05, 0) is 49.2 Å². The molecule has 0 aliphatic rings. The van der Waals surface area contributed by atoms with Gasteiger partial charge in [0.05, 0.1) is 22.9 Å². The van der Waals surface area contributed by atoms with E-state index in [-0.39, 0.29) is 0 Å². The van der Waals surface area contributed by atoms with Crippen LogP contribution >= 0.6 is 11.6 Å². The number of aryl methyl sites for hydroxylation is 1. The zero-order chi connectivity index (χ0) is 18.2. The summed E-state index contributed by atoms with van der Waals surface area (Å²) in [6, 6.07) is 11.5. The summed E-state index contributed by atoms with van der Waals surface area (Å²) in [7, 11) is 0. The molecule has 0 fully saturated rings. The molecule has 1 amide bonds. The molecule has 0 saturated carbocycles. The first kappa shape index (κ1) is 18.8. The Morgan fingerprint density at radius 1 is 1.12 bits per heavy atom. The maximum absolute atomic E-state index is 12.0. The molecule has 0 spiro atoms. The number of amides is 1. The van der Waals surface area contributed by atoms with Crippen molar-refractivity contribution < 1.29 is 19.1 Å². The van der Waals surface area contributed by atoms with E-state index < -0.39 is 12.1 Å². The molecule has 1 N–H and O–H groups in total. The fourth-order valence-corrected chi connectivity index (χ4v) is 2.35. The lowest BCUT2D eigenvalue weighted by Crippen LogP contribution is -2.17. The number of nitrogens with one attached hydrogen (secondary N) is 1. The molecule has 0 heterocycles. The fraction of sp³-hybridized carbons (Fsp3) is 0.263. The molecule has 0 unspecified atom stereocenters. The summed E-state index contributed by atoms with van der Waals surface area (Å²) in [4.78, 5) is 23.8. The maximum Gasteiger partial charge on any atom is 0.417 e. The molecule has 132 valence electrons. The van der Waals surface area contributed by atoms with Crippen molar-refractivity contribution in [2.24, 2.45) is 0 Å². The molecule has 0 aliphatic carbocycles. The van der Waals surface area contributed by atoms with E-state index in [1.54, 1.807) is 24.3 Å². The second-order valence-corrected chi connectivity index (χ2v) is 5.87. The van der Waals surface area contributed by atoms with E-state index in [9.17, 15) is 9.59 Å². The van der Waals surface area contributed by atoms with E-state index in [4.69, 9.17) is 21.1 Å². The van der Waals surface area contributed by atoms with Gasteiger partial charge in [-0.25, -0.2) is 9.59 Å². The molecule has 0 aromatic heterocycles. The first-order valence-corrected chi connectivity index (χ1v) is 8.40. The van der Waals surface area contributed by atoms with E-state index in [0.29, 0.717) is 28.6 Å². The molecule has 6 heteroatoms. The van der Waals surface area contributed by atoms with E-state index in [2.05, 4.69) is 5.32 Å². The molecular formula is C19H20ClNO4. The summed E-state index contributed by atoms with van der Waals surface area (Å²) >= 11 is 6.06. The van der Waals surface area contributed by atoms with Crippen molar-refractivity contribution in [1.29, 1.82) is 0 Å². The topological polar surface area (TPSA) is 64.6 Å². The molecule has 5 nitrogen and oxygen atoms in total. The van der Waals surface area contributed by atoms with Gasteiger partial charge in [-0.1, -0.05) is 37.1 Å². The SMILES string of the molecule is CCCCOC(=O)c1ccc(OC(=O)Nc2c(C)cccc2Cl)cc1.